The lowest BCUT2D eigenvalue weighted by molar-refractivity contribution is 0.0705. The first-order valence-corrected chi connectivity index (χ1v) is 10.8. The van der Waals surface area contributed by atoms with Gasteiger partial charge in [-0.15, -0.1) is 0 Å². The molecular formula is C27H22FN3O. The molecule has 1 spiro atoms. The summed E-state index contributed by atoms with van der Waals surface area (Å²) in [4.78, 5) is 19.8. The number of fused-ring (bicyclic) bond motifs is 4. The van der Waals surface area contributed by atoms with E-state index in [0.717, 1.165) is 46.5 Å². The summed E-state index contributed by atoms with van der Waals surface area (Å²) in [6.45, 7) is 2.01. The van der Waals surface area contributed by atoms with E-state index in [4.69, 9.17) is 0 Å². The van der Waals surface area contributed by atoms with Crippen molar-refractivity contribution in [1.29, 1.82) is 0 Å². The smallest absolute Gasteiger partial charge is 0.271 e. The van der Waals surface area contributed by atoms with Gasteiger partial charge in [-0.3, -0.25) is 9.78 Å². The van der Waals surface area contributed by atoms with Gasteiger partial charge >= 0.3 is 0 Å². The Labute approximate surface area is 186 Å². The summed E-state index contributed by atoms with van der Waals surface area (Å²) in [7, 11) is 1.90. The summed E-state index contributed by atoms with van der Waals surface area (Å²) in [6, 6.07) is 18.8. The van der Waals surface area contributed by atoms with Gasteiger partial charge in [0.05, 0.1) is 11.2 Å². The van der Waals surface area contributed by atoms with Crippen molar-refractivity contribution >= 4 is 5.91 Å². The fourth-order valence-electron chi connectivity index (χ4n) is 4.98. The van der Waals surface area contributed by atoms with Crippen molar-refractivity contribution in [2.75, 3.05) is 7.05 Å². The molecule has 6 rings (SSSR count). The summed E-state index contributed by atoms with van der Waals surface area (Å²) in [6.07, 6.45) is 5.72. The molecule has 2 aliphatic rings. The lowest BCUT2D eigenvalue weighted by Crippen LogP contribution is -2.36. The van der Waals surface area contributed by atoms with Crippen LogP contribution in [-0.2, 0) is 5.54 Å². The zero-order valence-corrected chi connectivity index (χ0v) is 18.0. The number of aromatic nitrogens is 2. The highest BCUT2D eigenvalue weighted by Crippen LogP contribution is 2.54. The summed E-state index contributed by atoms with van der Waals surface area (Å²) in [5.41, 5.74) is 7.45. The number of rotatable bonds is 2. The van der Waals surface area contributed by atoms with E-state index in [2.05, 4.69) is 29.2 Å². The number of pyridine rings is 1. The molecule has 3 heterocycles. The maximum atomic E-state index is 13.5. The van der Waals surface area contributed by atoms with Crippen molar-refractivity contribution in [2.45, 2.75) is 25.3 Å². The van der Waals surface area contributed by atoms with Crippen LogP contribution in [0.25, 0.3) is 27.9 Å². The van der Waals surface area contributed by atoms with E-state index in [9.17, 15) is 9.18 Å². The molecule has 158 valence electrons. The Morgan fingerprint density at radius 1 is 0.969 bits per heavy atom. The highest BCUT2D eigenvalue weighted by atomic mass is 19.1. The number of carbonyl (C=O) groups excluding carboxylic acids is 1. The van der Waals surface area contributed by atoms with E-state index in [-0.39, 0.29) is 17.3 Å². The molecule has 0 unspecified atom stereocenters. The predicted molar refractivity (Wildman–Crippen MR) is 122 cm³/mol. The second kappa shape index (κ2) is 6.63. The molecule has 1 fully saturated rings. The maximum Gasteiger partial charge on any atom is 0.271 e. The van der Waals surface area contributed by atoms with Crippen LogP contribution in [0.4, 0.5) is 4.39 Å². The molecule has 1 aliphatic heterocycles. The Morgan fingerprint density at radius 2 is 1.72 bits per heavy atom. The second-order valence-electron chi connectivity index (χ2n) is 8.75. The molecule has 0 N–H and O–H groups in total. The van der Waals surface area contributed by atoms with Crippen LogP contribution >= 0.6 is 0 Å². The van der Waals surface area contributed by atoms with Crippen LogP contribution in [-0.4, -0.2) is 27.4 Å². The van der Waals surface area contributed by atoms with Gasteiger partial charge in [0.15, 0.2) is 0 Å². The minimum absolute atomic E-state index is 0.00571. The highest BCUT2D eigenvalue weighted by Gasteiger charge is 2.53. The quantitative estimate of drug-likeness (QED) is 0.413. The summed E-state index contributed by atoms with van der Waals surface area (Å²) in [5.74, 6) is -0.269. The Balaban J connectivity index is 1.59. The number of hydrogen-bond acceptors (Lipinski definition) is 2. The van der Waals surface area contributed by atoms with E-state index < -0.39 is 0 Å². The van der Waals surface area contributed by atoms with E-state index in [1.807, 2.05) is 41.8 Å². The zero-order valence-electron chi connectivity index (χ0n) is 18.0. The van der Waals surface area contributed by atoms with Crippen LogP contribution in [0.5, 0.6) is 0 Å². The number of halogens is 1. The van der Waals surface area contributed by atoms with Gasteiger partial charge in [-0.1, -0.05) is 30.3 Å². The topological polar surface area (TPSA) is 38.1 Å². The van der Waals surface area contributed by atoms with Crippen LogP contribution < -0.4 is 0 Å². The van der Waals surface area contributed by atoms with Crippen LogP contribution in [0.3, 0.4) is 0 Å². The molecule has 0 atom stereocenters. The molecule has 1 amide bonds. The second-order valence-corrected chi connectivity index (χ2v) is 8.75. The molecule has 1 saturated carbocycles. The zero-order chi connectivity index (χ0) is 22.0. The Hall–Kier alpha value is -3.73. The molecule has 32 heavy (non-hydrogen) atoms. The van der Waals surface area contributed by atoms with Gasteiger partial charge < -0.3 is 9.47 Å². The van der Waals surface area contributed by atoms with Crippen molar-refractivity contribution in [3.8, 4) is 27.9 Å². The van der Waals surface area contributed by atoms with Crippen molar-refractivity contribution < 1.29 is 9.18 Å². The fraction of sp³-hybridized carbons (Fsp3) is 0.185. The molecule has 1 aliphatic carbocycles. The maximum absolute atomic E-state index is 13.5. The lowest BCUT2D eigenvalue weighted by Gasteiger charge is -2.27. The normalized spacial score (nSPS) is 16.0. The van der Waals surface area contributed by atoms with Crippen LogP contribution in [0.2, 0.25) is 0 Å². The van der Waals surface area contributed by atoms with E-state index in [1.165, 1.54) is 17.7 Å². The van der Waals surface area contributed by atoms with Crippen molar-refractivity contribution in [2.24, 2.45) is 0 Å². The number of benzene rings is 2. The van der Waals surface area contributed by atoms with E-state index >= 15 is 0 Å². The molecule has 2 aromatic heterocycles. The van der Waals surface area contributed by atoms with Crippen molar-refractivity contribution in [3.63, 3.8) is 0 Å². The first kappa shape index (κ1) is 19.0. The molecule has 4 aromatic rings. The first-order chi connectivity index (χ1) is 15.5. The van der Waals surface area contributed by atoms with Crippen molar-refractivity contribution in [1.82, 2.24) is 14.5 Å². The van der Waals surface area contributed by atoms with Gasteiger partial charge in [-0.2, -0.15) is 0 Å². The van der Waals surface area contributed by atoms with Gasteiger partial charge in [0.25, 0.3) is 5.91 Å². The number of hydrogen-bond donors (Lipinski definition) is 0. The Kier molecular flexibility index (Phi) is 3.94. The van der Waals surface area contributed by atoms with Gasteiger partial charge in [0.1, 0.15) is 11.5 Å². The average Bonchev–Trinajstić information content (AvgIpc) is 3.50. The third-order valence-electron chi connectivity index (χ3n) is 6.96. The number of aryl methyl sites for hydroxylation is 1. The molecule has 5 heteroatoms. The monoisotopic (exact) mass is 423 g/mol. The largest absolute Gasteiger partial charge is 0.331 e. The van der Waals surface area contributed by atoms with Gasteiger partial charge in [0.2, 0.25) is 0 Å². The predicted octanol–water partition coefficient (Wildman–Crippen LogP) is 5.73. The molecule has 2 aromatic carbocycles. The molecular weight excluding hydrogens is 401 g/mol. The van der Waals surface area contributed by atoms with Gasteiger partial charge in [0, 0.05) is 41.8 Å². The summed E-state index contributed by atoms with van der Waals surface area (Å²) < 4.78 is 15.5. The Bertz CT molecular complexity index is 1380. The third kappa shape index (κ3) is 2.67. The first-order valence-electron chi connectivity index (χ1n) is 10.8. The van der Waals surface area contributed by atoms with Gasteiger partial charge in [-0.05, 0) is 61.2 Å². The SMILES string of the molecule is Cc1ncccc1-c1ccc2c(c1)-n1cc(-c3ccc(F)cc3)cc1C(=O)N(C)C21CC1. The standard InChI is InChI=1S/C27H22FN3O/c1-17-22(4-3-13-29-17)19-7-10-23-24(14-19)31-16-20(18-5-8-21(28)9-6-18)15-25(31)26(32)30(2)27(23)11-12-27/h3-10,13-16H,11-12H2,1-2H3. The van der Waals surface area contributed by atoms with Crippen LogP contribution in [0.15, 0.2) is 73.1 Å². The molecule has 0 radical (unpaired) electrons. The minimum atomic E-state index is -0.275. The van der Waals surface area contributed by atoms with Crippen molar-refractivity contribution in [3.05, 3.63) is 95.8 Å². The highest BCUT2D eigenvalue weighted by molar-refractivity contribution is 5.97. The van der Waals surface area contributed by atoms with E-state index in [0.29, 0.717) is 5.69 Å². The molecule has 0 saturated heterocycles. The van der Waals surface area contributed by atoms with Crippen LogP contribution in [0.1, 0.15) is 34.6 Å². The Morgan fingerprint density at radius 3 is 2.44 bits per heavy atom. The van der Waals surface area contributed by atoms with Crippen LogP contribution in [0, 0.1) is 12.7 Å². The number of amides is 1. The number of nitrogens with zero attached hydrogens (tertiary/aromatic N) is 3. The third-order valence-corrected chi connectivity index (χ3v) is 6.96. The fourth-order valence-corrected chi connectivity index (χ4v) is 4.98. The number of carbonyl (C=O) groups is 1. The van der Waals surface area contributed by atoms with Gasteiger partial charge in [-0.25, -0.2) is 4.39 Å². The molecule has 0 bridgehead atoms. The summed E-state index contributed by atoms with van der Waals surface area (Å²) >= 11 is 0. The average molecular weight is 423 g/mol. The minimum Gasteiger partial charge on any atom is -0.331 e. The molecule has 4 nitrogen and oxygen atoms in total. The lowest BCUT2D eigenvalue weighted by atomic mass is 9.96. The van der Waals surface area contributed by atoms with E-state index in [1.54, 1.807) is 18.3 Å². The summed E-state index contributed by atoms with van der Waals surface area (Å²) in [5, 5.41) is 0.